The summed E-state index contributed by atoms with van der Waals surface area (Å²) in [6.45, 7) is 0. The molecule has 0 spiro atoms. The van der Waals surface area contributed by atoms with Gasteiger partial charge in [-0.15, -0.1) is 0 Å². The Labute approximate surface area is 199 Å². The molecule has 0 aliphatic heterocycles. The van der Waals surface area contributed by atoms with E-state index in [-0.39, 0.29) is 12.3 Å². The second kappa shape index (κ2) is 9.52. The Hall–Kier alpha value is -2.92. The second-order valence-corrected chi connectivity index (χ2v) is 9.40. The topological polar surface area (TPSA) is 64.1 Å². The number of aromatic nitrogens is 2. The number of ether oxygens (including phenoxy) is 1. The Kier molecular flexibility index (Phi) is 6.32. The van der Waals surface area contributed by atoms with E-state index in [1.807, 2.05) is 30.3 Å². The zero-order valence-electron chi connectivity index (χ0n) is 18.9. The molecule has 1 N–H and O–H groups in total. The van der Waals surface area contributed by atoms with Gasteiger partial charge in [-0.2, -0.15) is 0 Å². The molecule has 1 aromatic heterocycles. The number of nitrogens with one attached hydrogen (secondary N) is 1. The van der Waals surface area contributed by atoms with E-state index in [0.29, 0.717) is 16.8 Å². The van der Waals surface area contributed by atoms with Crippen LogP contribution in [0.2, 0.25) is 5.02 Å². The number of amides is 1. The van der Waals surface area contributed by atoms with Crippen molar-refractivity contribution < 1.29 is 9.53 Å². The molecule has 1 heterocycles. The van der Waals surface area contributed by atoms with E-state index in [0.717, 1.165) is 59.6 Å². The second-order valence-electron chi connectivity index (χ2n) is 8.96. The number of rotatable bonds is 5. The molecule has 2 aliphatic carbocycles. The summed E-state index contributed by atoms with van der Waals surface area (Å²) in [7, 11) is 1.69. The maximum absolute atomic E-state index is 12.9. The van der Waals surface area contributed by atoms with Gasteiger partial charge in [0.25, 0.3) is 0 Å². The van der Waals surface area contributed by atoms with Gasteiger partial charge in [0.1, 0.15) is 5.75 Å². The van der Waals surface area contributed by atoms with Crippen molar-refractivity contribution in [3.63, 3.8) is 0 Å². The van der Waals surface area contributed by atoms with Crippen molar-refractivity contribution in [2.75, 3.05) is 12.4 Å². The summed E-state index contributed by atoms with van der Waals surface area (Å²) in [4.78, 5) is 23.1. The molecule has 5 rings (SSSR count). The highest BCUT2D eigenvalue weighted by atomic mass is 35.5. The number of carbonyl (C=O) groups is 1. The van der Waals surface area contributed by atoms with Gasteiger partial charge >= 0.3 is 0 Å². The lowest BCUT2D eigenvalue weighted by Gasteiger charge is -2.26. The number of fused-ring (bicyclic) bond motifs is 3. The highest BCUT2D eigenvalue weighted by Crippen LogP contribution is 2.39. The van der Waals surface area contributed by atoms with Crippen LogP contribution in [0.25, 0.3) is 11.3 Å². The fourth-order valence-electron chi connectivity index (χ4n) is 4.98. The van der Waals surface area contributed by atoms with E-state index in [4.69, 9.17) is 26.3 Å². The minimum atomic E-state index is -0.0791. The lowest BCUT2D eigenvalue weighted by molar-refractivity contribution is -0.115. The summed E-state index contributed by atoms with van der Waals surface area (Å²) in [5.41, 5.74) is 6.13. The molecular weight excluding hydrogens is 434 g/mol. The Balaban J connectivity index is 1.49. The fourth-order valence-corrected chi connectivity index (χ4v) is 5.10. The average Bonchev–Trinajstić information content (AvgIpc) is 2.85. The van der Waals surface area contributed by atoms with Gasteiger partial charge in [0.2, 0.25) is 5.91 Å². The van der Waals surface area contributed by atoms with Crippen LogP contribution < -0.4 is 10.1 Å². The van der Waals surface area contributed by atoms with Crippen LogP contribution in [-0.2, 0) is 24.1 Å². The number of hydrogen-bond acceptors (Lipinski definition) is 4. The van der Waals surface area contributed by atoms with Crippen LogP contribution in [0, 0.1) is 0 Å². The minimum Gasteiger partial charge on any atom is -0.497 e. The lowest BCUT2D eigenvalue weighted by Crippen LogP contribution is -2.21. The van der Waals surface area contributed by atoms with Crippen LogP contribution in [0.15, 0.2) is 42.5 Å². The van der Waals surface area contributed by atoms with Gasteiger partial charge in [0, 0.05) is 16.5 Å². The Bertz CT molecular complexity index is 1170. The van der Waals surface area contributed by atoms with E-state index in [1.54, 1.807) is 7.11 Å². The first-order valence-corrected chi connectivity index (χ1v) is 12.1. The predicted octanol–water partition coefficient (Wildman–Crippen LogP) is 6.13. The summed E-state index contributed by atoms with van der Waals surface area (Å²) in [5.74, 6) is 1.75. The number of anilines is 1. The van der Waals surface area contributed by atoms with Crippen molar-refractivity contribution >= 4 is 23.3 Å². The molecule has 33 heavy (non-hydrogen) atoms. The number of halogens is 1. The molecule has 0 saturated heterocycles. The number of benzene rings is 2. The molecule has 2 aromatic carbocycles. The third kappa shape index (κ3) is 4.74. The smallest absolute Gasteiger partial charge is 0.229 e. The Morgan fingerprint density at radius 2 is 1.85 bits per heavy atom. The highest BCUT2D eigenvalue weighted by molar-refractivity contribution is 6.30. The molecule has 170 valence electrons. The van der Waals surface area contributed by atoms with E-state index < -0.39 is 0 Å². The van der Waals surface area contributed by atoms with Gasteiger partial charge in [-0.1, -0.05) is 43.0 Å². The van der Waals surface area contributed by atoms with Gasteiger partial charge in [-0.25, -0.2) is 9.97 Å². The summed E-state index contributed by atoms with van der Waals surface area (Å²) in [6, 6.07) is 13.6. The Morgan fingerprint density at radius 3 is 2.61 bits per heavy atom. The molecule has 5 nitrogen and oxygen atoms in total. The number of methoxy groups -OCH3 is 1. The third-order valence-corrected chi connectivity index (χ3v) is 6.97. The SMILES string of the molecule is COc1ccc2c(c1)CCc1nc(NC(=O)Cc3ccc(Cl)cc3)c(C3CCCCC3)nc1-2. The molecule has 1 fully saturated rings. The normalized spacial score (nSPS) is 15.5. The fraction of sp³-hybridized carbons (Fsp3) is 0.370. The molecule has 1 saturated carbocycles. The van der Waals surface area contributed by atoms with E-state index in [2.05, 4.69) is 17.4 Å². The van der Waals surface area contributed by atoms with Crippen LogP contribution in [0.4, 0.5) is 5.82 Å². The van der Waals surface area contributed by atoms with Crippen LogP contribution in [0.1, 0.15) is 60.5 Å². The molecule has 0 bridgehead atoms. The van der Waals surface area contributed by atoms with Crippen molar-refractivity contribution in [3.05, 3.63) is 70.0 Å². The molecule has 2 aliphatic rings. The summed E-state index contributed by atoms with van der Waals surface area (Å²) >= 11 is 5.98. The van der Waals surface area contributed by atoms with Gasteiger partial charge in [0.15, 0.2) is 5.82 Å². The number of aryl methyl sites for hydroxylation is 2. The first kappa shape index (κ1) is 21.9. The minimum absolute atomic E-state index is 0.0791. The number of hydrogen-bond donors (Lipinski definition) is 1. The molecule has 1 amide bonds. The van der Waals surface area contributed by atoms with Crippen molar-refractivity contribution in [1.82, 2.24) is 9.97 Å². The van der Waals surface area contributed by atoms with E-state index in [9.17, 15) is 4.79 Å². The van der Waals surface area contributed by atoms with Crippen LogP contribution in [0.3, 0.4) is 0 Å². The summed E-state index contributed by atoms with van der Waals surface area (Å²) in [6.07, 6.45) is 7.78. The molecule has 3 aromatic rings. The standard InChI is InChI=1S/C27H28ClN3O2/c1-33-21-12-13-22-19(16-21)9-14-23-26(22)31-25(18-5-3-2-4-6-18)27(29-23)30-24(32)15-17-7-10-20(28)11-8-17/h7-8,10-13,16,18H,2-6,9,14-15H2,1H3,(H,29,30,32). The summed E-state index contributed by atoms with van der Waals surface area (Å²) < 4.78 is 5.41. The quantitative estimate of drug-likeness (QED) is 0.496. The van der Waals surface area contributed by atoms with E-state index in [1.165, 1.54) is 24.8 Å². The van der Waals surface area contributed by atoms with Crippen molar-refractivity contribution in [3.8, 4) is 17.0 Å². The zero-order valence-corrected chi connectivity index (χ0v) is 19.6. The van der Waals surface area contributed by atoms with Crippen LogP contribution in [-0.4, -0.2) is 23.0 Å². The number of nitrogens with zero attached hydrogens (tertiary/aromatic N) is 2. The molecule has 0 atom stereocenters. The van der Waals surface area contributed by atoms with Crippen molar-refractivity contribution in [2.24, 2.45) is 0 Å². The first-order chi connectivity index (χ1) is 16.1. The average molecular weight is 462 g/mol. The van der Waals surface area contributed by atoms with Crippen LogP contribution >= 0.6 is 11.6 Å². The van der Waals surface area contributed by atoms with Crippen LogP contribution in [0.5, 0.6) is 5.75 Å². The predicted molar refractivity (Wildman–Crippen MR) is 131 cm³/mol. The molecule has 0 unspecified atom stereocenters. The molecule has 0 radical (unpaired) electrons. The van der Waals surface area contributed by atoms with Crippen molar-refractivity contribution in [1.29, 1.82) is 0 Å². The third-order valence-electron chi connectivity index (χ3n) is 6.72. The lowest BCUT2D eigenvalue weighted by atomic mass is 9.85. The summed E-state index contributed by atoms with van der Waals surface area (Å²) in [5, 5.41) is 3.76. The number of carbonyl (C=O) groups excluding carboxylic acids is 1. The van der Waals surface area contributed by atoms with E-state index >= 15 is 0 Å². The maximum Gasteiger partial charge on any atom is 0.229 e. The van der Waals surface area contributed by atoms with Gasteiger partial charge < -0.3 is 10.1 Å². The highest BCUT2D eigenvalue weighted by Gasteiger charge is 2.27. The molecular formula is C27H28ClN3O2. The first-order valence-electron chi connectivity index (χ1n) is 11.7. The largest absolute Gasteiger partial charge is 0.497 e. The Morgan fingerprint density at radius 1 is 1.06 bits per heavy atom. The van der Waals surface area contributed by atoms with Gasteiger partial charge in [-0.3, -0.25) is 4.79 Å². The van der Waals surface area contributed by atoms with Gasteiger partial charge in [-0.05, 0) is 67.1 Å². The van der Waals surface area contributed by atoms with Crippen molar-refractivity contribution in [2.45, 2.75) is 57.3 Å². The monoisotopic (exact) mass is 461 g/mol. The maximum atomic E-state index is 12.9. The zero-order chi connectivity index (χ0) is 22.8. The van der Waals surface area contributed by atoms with Gasteiger partial charge in [0.05, 0.1) is 30.6 Å². The molecule has 6 heteroatoms.